The zero-order valence-electron chi connectivity index (χ0n) is 13.8. The van der Waals surface area contributed by atoms with Crippen molar-refractivity contribution in [1.82, 2.24) is 10.6 Å². The van der Waals surface area contributed by atoms with Crippen LogP contribution in [0.5, 0.6) is 0 Å². The Labute approximate surface area is 153 Å². The smallest absolute Gasteiger partial charge is 0.322 e. The molecule has 1 aromatic carbocycles. The van der Waals surface area contributed by atoms with Crippen LogP contribution in [0.25, 0.3) is 0 Å². The van der Waals surface area contributed by atoms with E-state index < -0.39 is 0 Å². The highest BCUT2D eigenvalue weighted by molar-refractivity contribution is 6.34. The van der Waals surface area contributed by atoms with Crippen LogP contribution in [0.1, 0.15) is 30.6 Å². The zero-order valence-corrected chi connectivity index (χ0v) is 15.4. The van der Waals surface area contributed by atoms with Gasteiger partial charge in [-0.05, 0) is 30.5 Å². The Morgan fingerprint density at radius 1 is 1.46 bits per heavy atom. The Kier molecular flexibility index (Phi) is 7.79. The monoisotopic (exact) mass is 374 g/mol. The molecule has 8 heteroatoms. The number of amides is 3. The molecule has 3 amide bonds. The van der Waals surface area contributed by atoms with Crippen LogP contribution in [-0.4, -0.2) is 37.6 Å². The van der Waals surface area contributed by atoms with Crippen molar-refractivity contribution in [3.8, 4) is 0 Å². The van der Waals surface area contributed by atoms with Crippen molar-refractivity contribution >= 4 is 41.6 Å². The van der Waals surface area contributed by atoms with E-state index in [1.54, 1.807) is 18.2 Å². The minimum Gasteiger partial charge on any atom is -0.348 e. The zero-order chi connectivity index (χ0) is 17.0. The molecule has 0 saturated carbocycles. The fourth-order valence-electron chi connectivity index (χ4n) is 2.61. The summed E-state index contributed by atoms with van der Waals surface area (Å²) in [6, 6.07) is 4.65. The van der Waals surface area contributed by atoms with Crippen molar-refractivity contribution in [3.05, 3.63) is 28.8 Å². The van der Waals surface area contributed by atoms with Gasteiger partial charge in [0, 0.05) is 31.2 Å². The Morgan fingerprint density at radius 3 is 2.71 bits per heavy atom. The molecule has 1 aromatic rings. The highest BCUT2D eigenvalue weighted by Gasteiger charge is 2.24. The van der Waals surface area contributed by atoms with Crippen LogP contribution in [0.4, 0.5) is 10.5 Å². The van der Waals surface area contributed by atoms with Crippen LogP contribution in [0, 0.1) is 5.92 Å². The van der Waals surface area contributed by atoms with E-state index in [4.69, 9.17) is 17.3 Å². The lowest BCUT2D eigenvalue weighted by molar-refractivity contribution is 0.0933. The molecule has 1 aliphatic heterocycles. The lowest BCUT2D eigenvalue weighted by atomic mass is 10.0. The standard InChI is InChI=1S/C16H23ClN4O2.ClH/c1-10(2)7-12(9-18)20-15(22)11-3-4-13(17)14(8-11)21-6-5-19-16(21)23;/h3-4,8,10,12H,5-7,9,18H2,1-2H3,(H,19,23)(H,20,22);1H. The van der Waals surface area contributed by atoms with Crippen LogP contribution in [0.2, 0.25) is 5.02 Å². The maximum atomic E-state index is 12.4. The van der Waals surface area contributed by atoms with Crippen molar-refractivity contribution in [2.75, 3.05) is 24.5 Å². The molecule has 1 unspecified atom stereocenters. The lowest BCUT2D eigenvalue weighted by Crippen LogP contribution is -2.41. The highest BCUT2D eigenvalue weighted by Crippen LogP contribution is 2.28. The Morgan fingerprint density at radius 2 is 2.17 bits per heavy atom. The predicted octanol–water partition coefficient (Wildman–Crippen LogP) is 2.39. The number of urea groups is 1. The fourth-order valence-corrected chi connectivity index (χ4v) is 2.83. The number of carbonyl (C=O) groups excluding carboxylic acids is 2. The van der Waals surface area contributed by atoms with E-state index in [0.29, 0.717) is 41.8 Å². The number of hydrogen-bond donors (Lipinski definition) is 3. The van der Waals surface area contributed by atoms with Crippen LogP contribution in [0.15, 0.2) is 18.2 Å². The summed E-state index contributed by atoms with van der Waals surface area (Å²) in [7, 11) is 0. The van der Waals surface area contributed by atoms with Gasteiger partial charge in [0.05, 0.1) is 10.7 Å². The number of rotatable bonds is 6. The third-order valence-electron chi connectivity index (χ3n) is 3.73. The summed E-state index contributed by atoms with van der Waals surface area (Å²) in [6.45, 7) is 5.65. The van der Waals surface area contributed by atoms with E-state index in [1.807, 2.05) is 0 Å². The van der Waals surface area contributed by atoms with Gasteiger partial charge in [0.2, 0.25) is 0 Å². The lowest BCUT2D eigenvalue weighted by Gasteiger charge is -2.20. The van der Waals surface area contributed by atoms with Gasteiger partial charge in [-0.3, -0.25) is 9.69 Å². The largest absolute Gasteiger partial charge is 0.348 e. The van der Waals surface area contributed by atoms with Crippen molar-refractivity contribution in [1.29, 1.82) is 0 Å². The maximum absolute atomic E-state index is 12.4. The minimum absolute atomic E-state index is 0. The average molecular weight is 375 g/mol. The van der Waals surface area contributed by atoms with Crippen molar-refractivity contribution < 1.29 is 9.59 Å². The van der Waals surface area contributed by atoms with E-state index in [2.05, 4.69) is 24.5 Å². The SMILES string of the molecule is CC(C)CC(CN)NC(=O)c1ccc(Cl)c(N2CCNC2=O)c1.Cl. The second-order valence-corrected chi connectivity index (χ2v) is 6.49. The molecule has 0 bridgehead atoms. The Hall–Kier alpha value is -1.50. The van der Waals surface area contributed by atoms with Crippen LogP contribution in [0.3, 0.4) is 0 Å². The summed E-state index contributed by atoms with van der Waals surface area (Å²) in [5.41, 5.74) is 6.73. The molecule has 1 aliphatic rings. The van der Waals surface area contributed by atoms with E-state index >= 15 is 0 Å². The molecule has 0 spiro atoms. The summed E-state index contributed by atoms with van der Waals surface area (Å²) < 4.78 is 0. The quantitative estimate of drug-likeness (QED) is 0.714. The molecule has 0 aliphatic carbocycles. The van der Waals surface area contributed by atoms with E-state index in [0.717, 1.165) is 6.42 Å². The molecule has 0 aromatic heterocycles. The number of hydrogen-bond acceptors (Lipinski definition) is 3. The number of nitrogens with two attached hydrogens (primary N) is 1. The van der Waals surface area contributed by atoms with Crippen molar-refractivity contribution in [2.24, 2.45) is 11.7 Å². The third-order valence-corrected chi connectivity index (χ3v) is 4.05. The van der Waals surface area contributed by atoms with Crippen LogP contribution < -0.4 is 21.3 Å². The summed E-state index contributed by atoms with van der Waals surface area (Å²) in [6.07, 6.45) is 0.817. The molecule has 1 fully saturated rings. The number of carbonyl (C=O) groups is 2. The summed E-state index contributed by atoms with van der Waals surface area (Å²) in [4.78, 5) is 25.8. The molecule has 6 nitrogen and oxygen atoms in total. The molecule has 24 heavy (non-hydrogen) atoms. The summed E-state index contributed by atoms with van der Waals surface area (Å²) in [5, 5.41) is 6.10. The first-order valence-corrected chi connectivity index (χ1v) is 8.16. The van der Waals surface area contributed by atoms with Crippen LogP contribution in [-0.2, 0) is 0 Å². The summed E-state index contributed by atoms with van der Waals surface area (Å²) >= 11 is 6.17. The molecule has 1 heterocycles. The van der Waals surface area contributed by atoms with Crippen LogP contribution >= 0.6 is 24.0 Å². The molecular weight excluding hydrogens is 351 g/mol. The molecular formula is C16H24Cl2N4O2. The Balaban J connectivity index is 0.00000288. The van der Waals surface area contributed by atoms with E-state index in [9.17, 15) is 9.59 Å². The number of halogens is 2. The molecule has 4 N–H and O–H groups in total. The van der Waals surface area contributed by atoms with Gasteiger partial charge in [0.25, 0.3) is 5.91 Å². The van der Waals surface area contributed by atoms with E-state index in [1.165, 1.54) is 4.90 Å². The number of nitrogens with one attached hydrogen (secondary N) is 2. The predicted molar refractivity (Wildman–Crippen MR) is 99.2 cm³/mol. The first-order chi connectivity index (χ1) is 10.9. The molecule has 1 atom stereocenters. The molecule has 2 rings (SSSR count). The van der Waals surface area contributed by atoms with Gasteiger partial charge in [-0.2, -0.15) is 0 Å². The number of anilines is 1. The highest BCUT2D eigenvalue weighted by atomic mass is 35.5. The van der Waals surface area contributed by atoms with Crippen molar-refractivity contribution in [2.45, 2.75) is 26.3 Å². The maximum Gasteiger partial charge on any atom is 0.322 e. The minimum atomic E-state index is -0.210. The second-order valence-electron chi connectivity index (χ2n) is 6.09. The first-order valence-electron chi connectivity index (χ1n) is 7.78. The van der Waals surface area contributed by atoms with Gasteiger partial charge in [-0.25, -0.2) is 4.79 Å². The van der Waals surface area contributed by atoms with Gasteiger partial charge < -0.3 is 16.4 Å². The third kappa shape index (κ3) is 5.00. The normalized spacial score (nSPS) is 15.0. The summed E-state index contributed by atoms with van der Waals surface area (Å²) in [5.74, 6) is 0.233. The number of nitrogens with zero attached hydrogens (tertiary/aromatic N) is 1. The Bertz CT molecular complexity index is 595. The molecule has 1 saturated heterocycles. The van der Waals surface area contributed by atoms with Gasteiger partial charge in [0.1, 0.15) is 0 Å². The van der Waals surface area contributed by atoms with Gasteiger partial charge in [-0.1, -0.05) is 25.4 Å². The number of benzene rings is 1. The molecule has 0 radical (unpaired) electrons. The van der Waals surface area contributed by atoms with Crippen molar-refractivity contribution in [3.63, 3.8) is 0 Å². The van der Waals surface area contributed by atoms with Gasteiger partial charge >= 0.3 is 6.03 Å². The topological polar surface area (TPSA) is 87.5 Å². The fraction of sp³-hybridized carbons (Fsp3) is 0.500. The first kappa shape index (κ1) is 20.5. The van der Waals surface area contributed by atoms with Gasteiger partial charge in [-0.15, -0.1) is 12.4 Å². The molecule has 134 valence electrons. The van der Waals surface area contributed by atoms with Gasteiger partial charge in [0.15, 0.2) is 0 Å². The van der Waals surface area contributed by atoms with E-state index in [-0.39, 0.29) is 30.4 Å². The average Bonchev–Trinajstić information content (AvgIpc) is 2.92. The second kappa shape index (κ2) is 9.11.